The topological polar surface area (TPSA) is 93.7 Å². The first-order chi connectivity index (χ1) is 11.2. The van der Waals surface area contributed by atoms with Crippen molar-refractivity contribution in [3.63, 3.8) is 0 Å². The summed E-state index contributed by atoms with van der Waals surface area (Å²) >= 11 is 0. The molecule has 10 heteroatoms. The van der Waals surface area contributed by atoms with Crippen molar-refractivity contribution < 1.29 is 37.0 Å². The van der Waals surface area contributed by atoms with Crippen LogP contribution in [0.2, 0.25) is 0 Å². The number of nitrogens with one attached hydrogen (secondary N) is 2. The maximum absolute atomic E-state index is 12.0. The number of hydrogen-bond donors (Lipinski definition) is 2. The molecule has 0 saturated carbocycles. The molecular formula is C14H15F3N2O5. The fourth-order valence-electron chi connectivity index (χ4n) is 1.64. The van der Waals surface area contributed by atoms with E-state index in [-0.39, 0.29) is 16.8 Å². The summed E-state index contributed by atoms with van der Waals surface area (Å²) in [5.74, 6) is -2.37. The molecule has 0 aromatic heterocycles. The first-order valence-corrected chi connectivity index (χ1v) is 6.55. The number of carbonyl (C=O) groups excluding carboxylic acids is 3. The van der Waals surface area contributed by atoms with Gasteiger partial charge in [0.1, 0.15) is 6.54 Å². The molecule has 1 aromatic carbocycles. The van der Waals surface area contributed by atoms with E-state index in [1.54, 1.807) is 5.32 Å². The minimum Gasteiger partial charge on any atom is -0.465 e. The molecular weight excluding hydrogens is 333 g/mol. The predicted octanol–water partition coefficient (Wildman–Crippen LogP) is 1.35. The second kappa shape index (κ2) is 8.18. The lowest BCUT2D eigenvalue weighted by Gasteiger charge is -2.11. The molecule has 7 nitrogen and oxygen atoms in total. The van der Waals surface area contributed by atoms with Crippen LogP contribution >= 0.6 is 0 Å². The largest absolute Gasteiger partial charge is 0.465 e. The van der Waals surface area contributed by atoms with Crippen LogP contribution in [-0.2, 0) is 14.3 Å². The zero-order valence-corrected chi connectivity index (χ0v) is 12.8. The Morgan fingerprint density at radius 3 is 1.92 bits per heavy atom. The molecule has 1 aromatic rings. The van der Waals surface area contributed by atoms with Crippen molar-refractivity contribution in [1.29, 1.82) is 0 Å². The number of methoxy groups -OCH3 is 2. The van der Waals surface area contributed by atoms with E-state index in [0.29, 0.717) is 0 Å². The average molecular weight is 348 g/mol. The fraction of sp³-hybridized carbons (Fsp3) is 0.357. The first kappa shape index (κ1) is 19.3. The second-order valence-electron chi connectivity index (χ2n) is 4.53. The van der Waals surface area contributed by atoms with Crippen molar-refractivity contribution in [3.8, 4) is 0 Å². The van der Waals surface area contributed by atoms with Crippen molar-refractivity contribution >= 4 is 23.5 Å². The molecule has 0 aliphatic heterocycles. The van der Waals surface area contributed by atoms with E-state index in [4.69, 9.17) is 0 Å². The fourth-order valence-corrected chi connectivity index (χ4v) is 1.64. The molecule has 0 heterocycles. The molecule has 0 fully saturated rings. The normalized spacial score (nSPS) is 10.7. The molecule has 0 radical (unpaired) electrons. The van der Waals surface area contributed by atoms with Gasteiger partial charge in [-0.15, -0.1) is 0 Å². The van der Waals surface area contributed by atoms with E-state index in [9.17, 15) is 27.6 Å². The number of rotatable bonds is 6. The number of esters is 2. The van der Waals surface area contributed by atoms with Crippen LogP contribution in [0, 0.1) is 0 Å². The standard InChI is InChI=1S/C14H15F3N2O5/c1-23-12(21)8-3-9(13(22)24-2)5-10(4-8)18-6-11(20)19-7-14(15,16)17/h3-5,18H,6-7H2,1-2H3,(H,19,20). The van der Waals surface area contributed by atoms with Gasteiger partial charge in [-0.1, -0.05) is 0 Å². The maximum atomic E-state index is 12.0. The molecule has 0 unspecified atom stereocenters. The van der Waals surface area contributed by atoms with Crippen LogP contribution in [0.5, 0.6) is 0 Å². The van der Waals surface area contributed by atoms with Crippen LogP contribution < -0.4 is 10.6 Å². The zero-order valence-electron chi connectivity index (χ0n) is 12.8. The van der Waals surface area contributed by atoms with Crippen molar-refractivity contribution in [3.05, 3.63) is 29.3 Å². The Morgan fingerprint density at radius 1 is 1.00 bits per heavy atom. The van der Waals surface area contributed by atoms with Gasteiger partial charge in [0.25, 0.3) is 0 Å². The van der Waals surface area contributed by atoms with Gasteiger partial charge in [0.15, 0.2) is 0 Å². The summed E-state index contributed by atoms with van der Waals surface area (Å²) in [4.78, 5) is 34.5. The lowest BCUT2D eigenvalue weighted by molar-refractivity contribution is -0.137. The zero-order chi connectivity index (χ0) is 18.3. The number of halogens is 3. The number of anilines is 1. The molecule has 0 aliphatic carbocycles. The predicted molar refractivity (Wildman–Crippen MR) is 76.7 cm³/mol. The maximum Gasteiger partial charge on any atom is 0.405 e. The molecule has 2 N–H and O–H groups in total. The van der Waals surface area contributed by atoms with Gasteiger partial charge in [-0.2, -0.15) is 13.2 Å². The number of ether oxygens (including phenoxy) is 2. The van der Waals surface area contributed by atoms with Gasteiger partial charge in [-0.05, 0) is 18.2 Å². The minimum atomic E-state index is -4.52. The van der Waals surface area contributed by atoms with Crippen molar-refractivity contribution in [2.75, 3.05) is 32.6 Å². The summed E-state index contributed by atoms with van der Waals surface area (Å²) in [5.41, 5.74) is 0.192. The lowest BCUT2D eigenvalue weighted by atomic mass is 10.1. The highest BCUT2D eigenvalue weighted by Gasteiger charge is 2.27. The Hall–Kier alpha value is -2.78. The van der Waals surface area contributed by atoms with Crippen molar-refractivity contribution in [2.24, 2.45) is 0 Å². The van der Waals surface area contributed by atoms with Gasteiger partial charge in [0.2, 0.25) is 5.91 Å². The summed E-state index contributed by atoms with van der Waals surface area (Å²) in [6, 6.07) is 3.80. The van der Waals surface area contributed by atoms with Crippen LogP contribution in [0.1, 0.15) is 20.7 Å². The molecule has 0 atom stereocenters. The third kappa shape index (κ3) is 6.15. The number of hydrogen-bond acceptors (Lipinski definition) is 6. The lowest BCUT2D eigenvalue weighted by Crippen LogP contribution is -2.37. The van der Waals surface area contributed by atoms with E-state index >= 15 is 0 Å². The minimum absolute atomic E-state index is 0.0126. The number of carbonyl (C=O) groups is 3. The Kier molecular flexibility index (Phi) is 6.57. The first-order valence-electron chi connectivity index (χ1n) is 6.55. The van der Waals surface area contributed by atoms with Crippen molar-refractivity contribution in [1.82, 2.24) is 5.32 Å². The third-order valence-corrected chi connectivity index (χ3v) is 2.71. The van der Waals surface area contributed by atoms with E-state index in [2.05, 4.69) is 14.8 Å². The molecule has 1 rings (SSSR count). The molecule has 1 amide bonds. The van der Waals surface area contributed by atoms with Crippen LogP contribution in [0.3, 0.4) is 0 Å². The Bertz CT molecular complexity index is 597. The average Bonchev–Trinajstić information content (AvgIpc) is 2.55. The quantitative estimate of drug-likeness (QED) is 0.754. The van der Waals surface area contributed by atoms with Crippen LogP contribution in [0.25, 0.3) is 0 Å². The highest BCUT2D eigenvalue weighted by atomic mass is 19.4. The summed E-state index contributed by atoms with van der Waals surface area (Å²) in [7, 11) is 2.29. The third-order valence-electron chi connectivity index (χ3n) is 2.71. The summed E-state index contributed by atoms with van der Waals surface area (Å²) in [6.07, 6.45) is -4.52. The van der Waals surface area contributed by atoms with Gasteiger partial charge in [-0.25, -0.2) is 9.59 Å². The van der Waals surface area contributed by atoms with Gasteiger partial charge in [-0.3, -0.25) is 4.79 Å². The van der Waals surface area contributed by atoms with Crippen LogP contribution in [-0.4, -0.2) is 51.3 Å². The second-order valence-corrected chi connectivity index (χ2v) is 4.53. The number of benzene rings is 1. The highest BCUT2D eigenvalue weighted by molar-refractivity contribution is 5.97. The van der Waals surface area contributed by atoms with Crippen LogP contribution in [0.4, 0.5) is 18.9 Å². The molecule has 132 valence electrons. The van der Waals surface area contributed by atoms with Gasteiger partial charge < -0.3 is 20.1 Å². The molecule has 24 heavy (non-hydrogen) atoms. The molecule has 0 aliphatic rings. The number of amides is 1. The summed E-state index contributed by atoms with van der Waals surface area (Å²) < 4.78 is 45.1. The Morgan fingerprint density at radius 2 is 1.50 bits per heavy atom. The van der Waals surface area contributed by atoms with E-state index in [0.717, 1.165) is 14.2 Å². The van der Waals surface area contributed by atoms with Gasteiger partial charge >= 0.3 is 18.1 Å². The monoisotopic (exact) mass is 348 g/mol. The van der Waals surface area contributed by atoms with E-state index in [1.165, 1.54) is 18.2 Å². The van der Waals surface area contributed by atoms with E-state index in [1.807, 2.05) is 0 Å². The van der Waals surface area contributed by atoms with Gasteiger partial charge in [0.05, 0.1) is 31.9 Å². The molecule has 0 spiro atoms. The summed E-state index contributed by atoms with van der Waals surface area (Å²) in [6.45, 7) is -1.94. The highest BCUT2D eigenvalue weighted by Crippen LogP contribution is 2.17. The Labute approximate surface area is 135 Å². The van der Waals surface area contributed by atoms with Crippen LogP contribution in [0.15, 0.2) is 18.2 Å². The van der Waals surface area contributed by atoms with Crippen molar-refractivity contribution in [2.45, 2.75) is 6.18 Å². The summed E-state index contributed by atoms with van der Waals surface area (Å²) in [5, 5.41) is 4.20. The Balaban J connectivity index is 2.84. The SMILES string of the molecule is COC(=O)c1cc(NCC(=O)NCC(F)(F)F)cc(C(=O)OC)c1. The number of alkyl halides is 3. The molecule has 0 saturated heterocycles. The van der Waals surface area contributed by atoms with Gasteiger partial charge in [0, 0.05) is 5.69 Å². The smallest absolute Gasteiger partial charge is 0.405 e. The van der Waals surface area contributed by atoms with E-state index < -0.39 is 37.1 Å². The molecule has 0 bridgehead atoms.